The Kier molecular flexibility index (Phi) is 9.62. The van der Waals surface area contributed by atoms with E-state index in [9.17, 15) is 14.4 Å². The Bertz CT molecular complexity index is 999. The zero-order chi connectivity index (χ0) is 24.4. The van der Waals surface area contributed by atoms with E-state index in [0.717, 1.165) is 16.3 Å². The number of hydrogen-bond donors (Lipinski definition) is 6. The minimum absolute atomic E-state index is 0.0248. The van der Waals surface area contributed by atoms with E-state index in [-0.39, 0.29) is 12.4 Å². The Morgan fingerprint density at radius 2 is 1.61 bits per heavy atom. The van der Waals surface area contributed by atoms with Gasteiger partial charge >= 0.3 is 0 Å². The first kappa shape index (κ1) is 25.6. The summed E-state index contributed by atoms with van der Waals surface area (Å²) in [4.78, 5) is 41.1. The lowest BCUT2D eigenvalue weighted by atomic mass is 9.98. The van der Waals surface area contributed by atoms with Crippen LogP contribution in [0.25, 0.3) is 10.8 Å². The lowest BCUT2D eigenvalue weighted by Gasteiger charge is -2.23. The fourth-order valence-corrected chi connectivity index (χ4v) is 3.47. The molecule has 0 saturated heterocycles. The molecule has 0 aliphatic heterocycles. The number of primary amides is 1. The second-order valence-corrected chi connectivity index (χ2v) is 7.83. The summed E-state index contributed by atoms with van der Waals surface area (Å²) in [5.41, 5.74) is 22.9. The number of carbonyl (C=O) groups is 3. The molecule has 0 heterocycles. The van der Waals surface area contributed by atoms with Crippen LogP contribution in [0.15, 0.2) is 47.5 Å². The summed E-state index contributed by atoms with van der Waals surface area (Å²) in [6.07, 6.45) is 1.42. The van der Waals surface area contributed by atoms with Crippen molar-refractivity contribution in [1.29, 1.82) is 0 Å². The minimum atomic E-state index is -0.928. The first-order valence-corrected chi connectivity index (χ1v) is 10.9. The number of benzene rings is 2. The molecule has 0 radical (unpaired) electrons. The topological polar surface area (TPSA) is 192 Å². The Labute approximate surface area is 193 Å². The molecule has 0 aromatic heterocycles. The van der Waals surface area contributed by atoms with Gasteiger partial charge in [-0.3, -0.25) is 19.4 Å². The smallest absolute Gasteiger partial charge is 0.243 e. The molecule has 10 nitrogen and oxygen atoms in total. The van der Waals surface area contributed by atoms with E-state index < -0.39 is 35.8 Å². The average Bonchev–Trinajstić information content (AvgIpc) is 2.79. The number of carbonyl (C=O) groups excluding carboxylic acids is 3. The van der Waals surface area contributed by atoms with Gasteiger partial charge in [0.05, 0.1) is 6.04 Å². The molecule has 0 spiro atoms. The summed E-state index contributed by atoms with van der Waals surface area (Å²) in [6.45, 7) is 2.11. The van der Waals surface area contributed by atoms with Crippen LogP contribution in [0.2, 0.25) is 0 Å². The van der Waals surface area contributed by atoms with Gasteiger partial charge in [0, 0.05) is 13.0 Å². The van der Waals surface area contributed by atoms with Crippen molar-refractivity contribution in [1.82, 2.24) is 10.6 Å². The molecular weight excluding hydrogens is 422 g/mol. The van der Waals surface area contributed by atoms with E-state index >= 15 is 0 Å². The van der Waals surface area contributed by atoms with Gasteiger partial charge in [0.2, 0.25) is 17.7 Å². The summed E-state index contributed by atoms with van der Waals surface area (Å²) >= 11 is 0. The van der Waals surface area contributed by atoms with Gasteiger partial charge in [0.25, 0.3) is 0 Å². The molecule has 0 saturated carbocycles. The molecule has 0 aliphatic rings. The monoisotopic (exact) mass is 455 g/mol. The van der Waals surface area contributed by atoms with Crippen LogP contribution in [-0.2, 0) is 20.8 Å². The van der Waals surface area contributed by atoms with Crippen LogP contribution in [0.5, 0.6) is 0 Å². The normalized spacial score (nSPS) is 13.5. The van der Waals surface area contributed by atoms with E-state index in [4.69, 9.17) is 22.9 Å². The molecule has 0 aliphatic carbocycles. The first-order chi connectivity index (χ1) is 15.7. The highest BCUT2D eigenvalue weighted by atomic mass is 16.2. The Hall–Kier alpha value is -3.66. The van der Waals surface area contributed by atoms with E-state index in [1.807, 2.05) is 42.5 Å². The molecule has 2 aromatic rings. The van der Waals surface area contributed by atoms with E-state index in [0.29, 0.717) is 25.8 Å². The number of hydrogen-bond acceptors (Lipinski definition) is 5. The SMILES string of the molecule is CC[C@H](NC(=O)[C@@H](N)CCCN=C(N)N)C(=O)N[C@@H](Cc1cccc2ccccc12)C(N)=O. The Morgan fingerprint density at radius 3 is 2.27 bits per heavy atom. The van der Waals surface area contributed by atoms with E-state index in [1.54, 1.807) is 6.92 Å². The fourth-order valence-electron chi connectivity index (χ4n) is 3.47. The molecule has 3 amide bonds. The number of nitrogens with zero attached hydrogens (tertiary/aromatic N) is 1. The quantitative estimate of drug-likeness (QED) is 0.144. The molecule has 2 rings (SSSR count). The number of fused-ring (bicyclic) bond motifs is 1. The average molecular weight is 456 g/mol. The zero-order valence-corrected chi connectivity index (χ0v) is 18.8. The number of aliphatic imine (C=N–C) groups is 1. The molecule has 0 bridgehead atoms. The molecule has 33 heavy (non-hydrogen) atoms. The molecule has 2 aromatic carbocycles. The van der Waals surface area contributed by atoms with Crippen molar-refractivity contribution >= 4 is 34.5 Å². The predicted octanol–water partition coefficient (Wildman–Crippen LogP) is -0.372. The van der Waals surface area contributed by atoms with Crippen molar-refractivity contribution in [2.45, 2.75) is 50.7 Å². The Morgan fingerprint density at radius 1 is 0.939 bits per heavy atom. The van der Waals surface area contributed by atoms with Crippen molar-refractivity contribution < 1.29 is 14.4 Å². The lowest BCUT2D eigenvalue weighted by molar-refractivity contribution is -0.131. The maximum Gasteiger partial charge on any atom is 0.243 e. The van der Waals surface area contributed by atoms with Gasteiger partial charge in [-0.25, -0.2) is 0 Å². The molecule has 0 unspecified atom stereocenters. The maximum atomic E-state index is 12.8. The third kappa shape index (κ3) is 7.76. The second-order valence-electron chi connectivity index (χ2n) is 7.83. The summed E-state index contributed by atoms with van der Waals surface area (Å²) in [5.74, 6) is -1.65. The number of guanidine groups is 1. The Balaban J connectivity index is 2.00. The second kappa shape index (κ2) is 12.4. The highest BCUT2D eigenvalue weighted by Crippen LogP contribution is 2.19. The first-order valence-electron chi connectivity index (χ1n) is 10.9. The van der Waals surface area contributed by atoms with Crippen LogP contribution in [0.4, 0.5) is 0 Å². The standard InChI is InChI=1S/C23H33N7O3/c1-2-18(29-21(32)17(24)11-6-12-28-23(26)27)22(33)30-19(20(25)31)13-15-9-5-8-14-7-3-4-10-16(14)15/h3-5,7-10,17-19H,2,6,11-13,24H2,1H3,(H2,25,31)(H,29,32)(H,30,33)(H4,26,27,28)/t17-,18-,19-/m0/s1. The van der Waals surface area contributed by atoms with E-state index in [2.05, 4.69) is 15.6 Å². The largest absolute Gasteiger partial charge is 0.370 e. The highest BCUT2D eigenvalue weighted by Gasteiger charge is 2.26. The molecule has 178 valence electrons. The molecule has 10 N–H and O–H groups in total. The third-order valence-corrected chi connectivity index (χ3v) is 5.31. The van der Waals surface area contributed by atoms with Crippen molar-refractivity contribution in [3.63, 3.8) is 0 Å². The lowest BCUT2D eigenvalue weighted by Crippen LogP contribution is -2.55. The maximum absolute atomic E-state index is 12.8. The minimum Gasteiger partial charge on any atom is -0.370 e. The van der Waals surface area contributed by atoms with Gasteiger partial charge in [-0.15, -0.1) is 0 Å². The number of amides is 3. The summed E-state index contributed by atoms with van der Waals surface area (Å²) in [5, 5.41) is 7.32. The molecule has 10 heteroatoms. The van der Waals surface area contributed by atoms with Gasteiger partial charge in [-0.2, -0.15) is 0 Å². The van der Waals surface area contributed by atoms with Crippen LogP contribution in [0, 0.1) is 0 Å². The molecule has 0 fully saturated rings. The predicted molar refractivity (Wildman–Crippen MR) is 129 cm³/mol. The third-order valence-electron chi connectivity index (χ3n) is 5.31. The van der Waals surface area contributed by atoms with Crippen molar-refractivity contribution in [2.24, 2.45) is 27.9 Å². The van der Waals surface area contributed by atoms with Gasteiger partial charge in [-0.1, -0.05) is 49.4 Å². The molecule has 3 atom stereocenters. The van der Waals surface area contributed by atoms with Crippen molar-refractivity contribution in [3.05, 3.63) is 48.0 Å². The summed E-state index contributed by atoms with van der Waals surface area (Å²) < 4.78 is 0. The van der Waals surface area contributed by atoms with Crippen LogP contribution in [-0.4, -0.2) is 48.4 Å². The highest BCUT2D eigenvalue weighted by molar-refractivity contribution is 5.93. The van der Waals surface area contributed by atoms with Gasteiger partial charge < -0.3 is 33.6 Å². The van der Waals surface area contributed by atoms with Gasteiger partial charge in [0.1, 0.15) is 12.1 Å². The van der Waals surface area contributed by atoms with Crippen molar-refractivity contribution in [3.8, 4) is 0 Å². The van der Waals surface area contributed by atoms with Crippen LogP contribution < -0.4 is 33.6 Å². The fraction of sp³-hybridized carbons (Fsp3) is 0.391. The number of nitrogens with one attached hydrogen (secondary N) is 2. The number of nitrogens with two attached hydrogens (primary N) is 4. The van der Waals surface area contributed by atoms with Crippen molar-refractivity contribution in [2.75, 3.05) is 6.54 Å². The van der Waals surface area contributed by atoms with E-state index in [1.165, 1.54) is 0 Å². The summed E-state index contributed by atoms with van der Waals surface area (Å²) in [6, 6.07) is 10.9. The number of rotatable bonds is 12. The van der Waals surface area contributed by atoms with Crippen LogP contribution in [0.1, 0.15) is 31.7 Å². The summed E-state index contributed by atoms with van der Waals surface area (Å²) in [7, 11) is 0. The van der Waals surface area contributed by atoms with Crippen LogP contribution >= 0.6 is 0 Å². The zero-order valence-electron chi connectivity index (χ0n) is 18.8. The van der Waals surface area contributed by atoms with Gasteiger partial charge in [0.15, 0.2) is 5.96 Å². The van der Waals surface area contributed by atoms with Gasteiger partial charge in [-0.05, 0) is 35.6 Å². The van der Waals surface area contributed by atoms with Crippen LogP contribution in [0.3, 0.4) is 0 Å². The molecular formula is C23H33N7O3.